The number of halogens is 1. The molecule has 0 aliphatic heterocycles. The second-order valence-corrected chi connectivity index (χ2v) is 5.54. The lowest BCUT2D eigenvalue weighted by Crippen LogP contribution is -2.18. The number of amides is 2. The van der Waals surface area contributed by atoms with Gasteiger partial charge in [0.05, 0.1) is 6.42 Å². The zero-order valence-corrected chi connectivity index (χ0v) is 13.2. The Labute approximate surface area is 143 Å². The summed E-state index contributed by atoms with van der Waals surface area (Å²) in [4.78, 5) is 34.4. The Morgan fingerprint density at radius 1 is 1.08 bits per heavy atom. The smallest absolute Gasteiger partial charge is 0.303 e. The number of aliphatic carboxylic acids is 1. The van der Waals surface area contributed by atoms with Crippen molar-refractivity contribution >= 4 is 23.5 Å². The van der Waals surface area contributed by atoms with Gasteiger partial charge in [-0.25, -0.2) is 4.39 Å². The summed E-state index contributed by atoms with van der Waals surface area (Å²) >= 11 is 0. The first-order valence-corrected chi connectivity index (χ1v) is 7.52. The summed E-state index contributed by atoms with van der Waals surface area (Å²) in [7, 11) is 0. The highest BCUT2D eigenvalue weighted by atomic mass is 19.1. The minimum absolute atomic E-state index is 0.0985. The molecule has 2 amide bonds. The second-order valence-electron chi connectivity index (χ2n) is 5.54. The van der Waals surface area contributed by atoms with Crippen molar-refractivity contribution < 1.29 is 23.9 Å². The summed E-state index contributed by atoms with van der Waals surface area (Å²) in [6.07, 6.45) is -0.362. The fourth-order valence-electron chi connectivity index (χ4n) is 2.44. The molecule has 25 heavy (non-hydrogen) atoms. The molecule has 2 aromatic rings. The number of nitrogens with one attached hydrogen (secondary N) is 1. The fourth-order valence-corrected chi connectivity index (χ4v) is 2.44. The monoisotopic (exact) mass is 344 g/mol. The topological polar surface area (TPSA) is 109 Å². The van der Waals surface area contributed by atoms with Crippen LogP contribution in [-0.4, -0.2) is 22.9 Å². The van der Waals surface area contributed by atoms with Crippen LogP contribution < -0.4 is 11.1 Å². The number of rotatable bonds is 7. The number of hydrogen-bond acceptors (Lipinski definition) is 3. The highest BCUT2D eigenvalue weighted by molar-refractivity contribution is 5.96. The van der Waals surface area contributed by atoms with E-state index < -0.39 is 29.5 Å². The van der Waals surface area contributed by atoms with Crippen LogP contribution in [0.15, 0.2) is 48.5 Å². The first kappa shape index (κ1) is 18.1. The average molecular weight is 344 g/mol. The van der Waals surface area contributed by atoms with Gasteiger partial charge in [0, 0.05) is 23.6 Å². The molecule has 0 saturated heterocycles. The molecule has 0 radical (unpaired) electrons. The van der Waals surface area contributed by atoms with Crippen LogP contribution in [-0.2, 0) is 9.59 Å². The largest absolute Gasteiger partial charge is 0.481 e. The highest BCUT2D eigenvalue weighted by Gasteiger charge is 2.20. The van der Waals surface area contributed by atoms with E-state index in [1.54, 1.807) is 12.1 Å². The molecule has 0 aromatic heterocycles. The van der Waals surface area contributed by atoms with E-state index in [1.165, 1.54) is 36.4 Å². The third-order valence-corrected chi connectivity index (χ3v) is 3.63. The van der Waals surface area contributed by atoms with Gasteiger partial charge in [-0.2, -0.15) is 0 Å². The molecule has 0 bridgehead atoms. The molecular weight excluding hydrogens is 327 g/mol. The number of carboxylic acids is 1. The number of nitrogens with two attached hydrogens (primary N) is 1. The van der Waals surface area contributed by atoms with Crippen molar-refractivity contribution in [3.8, 4) is 0 Å². The molecule has 2 aromatic carbocycles. The Hall–Kier alpha value is -3.22. The van der Waals surface area contributed by atoms with Gasteiger partial charge in [0.1, 0.15) is 5.82 Å². The zero-order valence-electron chi connectivity index (χ0n) is 13.2. The van der Waals surface area contributed by atoms with Gasteiger partial charge < -0.3 is 16.2 Å². The lowest BCUT2D eigenvalue weighted by atomic mass is 9.92. The van der Waals surface area contributed by atoms with Gasteiger partial charge in [0.15, 0.2) is 0 Å². The normalized spacial score (nSPS) is 11.6. The maximum atomic E-state index is 13.0. The summed E-state index contributed by atoms with van der Waals surface area (Å²) < 4.78 is 13.0. The number of carboxylic acid groups (broad SMARTS) is 1. The molecule has 0 aliphatic carbocycles. The van der Waals surface area contributed by atoms with Crippen LogP contribution in [0.3, 0.4) is 0 Å². The third kappa shape index (κ3) is 5.42. The summed E-state index contributed by atoms with van der Waals surface area (Å²) in [6, 6.07) is 11.5. The molecule has 2 rings (SSSR count). The van der Waals surface area contributed by atoms with E-state index in [0.29, 0.717) is 11.3 Å². The Balaban J connectivity index is 2.11. The van der Waals surface area contributed by atoms with Crippen molar-refractivity contribution in [1.29, 1.82) is 0 Å². The first-order valence-electron chi connectivity index (χ1n) is 7.52. The van der Waals surface area contributed by atoms with Crippen molar-refractivity contribution in [2.75, 3.05) is 5.32 Å². The van der Waals surface area contributed by atoms with Gasteiger partial charge in [0.2, 0.25) is 11.8 Å². The van der Waals surface area contributed by atoms with E-state index >= 15 is 0 Å². The first-order chi connectivity index (χ1) is 11.8. The fraction of sp³-hybridized carbons (Fsp3) is 0.167. The van der Waals surface area contributed by atoms with Crippen LogP contribution in [0.2, 0.25) is 0 Å². The summed E-state index contributed by atoms with van der Waals surface area (Å²) in [6.45, 7) is 0. The minimum Gasteiger partial charge on any atom is -0.481 e. The number of primary amides is 1. The van der Waals surface area contributed by atoms with Crippen molar-refractivity contribution in [3.63, 3.8) is 0 Å². The van der Waals surface area contributed by atoms with Crippen LogP contribution in [0, 0.1) is 5.82 Å². The molecule has 0 saturated carbocycles. The van der Waals surface area contributed by atoms with E-state index in [9.17, 15) is 18.8 Å². The van der Waals surface area contributed by atoms with Crippen LogP contribution in [0.5, 0.6) is 0 Å². The van der Waals surface area contributed by atoms with Gasteiger partial charge in [-0.05, 0) is 35.9 Å². The Morgan fingerprint density at radius 3 is 2.36 bits per heavy atom. The molecule has 0 heterocycles. The molecule has 7 heteroatoms. The molecule has 0 unspecified atom stereocenters. The van der Waals surface area contributed by atoms with Crippen molar-refractivity contribution in [2.45, 2.75) is 18.8 Å². The Kier molecular flexibility index (Phi) is 5.84. The number of anilines is 1. The van der Waals surface area contributed by atoms with E-state index in [1.807, 2.05) is 0 Å². The average Bonchev–Trinajstić information content (AvgIpc) is 2.54. The third-order valence-electron chi connectivity index (χ3n) is 3.63. The lowest BCUT2D eigenvalue weighted by molar-refractivity contribution is -0.137. The maximum Gasteiger partial charge on any atom is 0.303 e. The van der Waals surface area contributed by atoms with Crippen molar-refractivity contribution in [1.82, 2.24) is 0 Å². The van der Waals surface area contributed by atoms with Crippen LogP contribution >= 0.6 is 0 Å². The van der Waals surface area contributed by atoms with E-state index in [2.05, 4.69) is 5.32 Å². The Morgan fingerprint density at radius 2 is 1.76 bits per heavy atom. The molecular formula is C18H17FN2O4. The van der Waals surface area contributed by atoms with Crippen LogP contribution in [0.1, 0.15) is 34.7 Å². The summed E-state index contributed by atoms with van der Waals surface area (Å²) in [5.74, 6) is -3.14. The van der Waals surface area contributed by atoms with Gasteiger partial charge in [-0.3, -0.25) is 14.4 Å². The number of benzene rings is 2. The van der Waals surface area contributed by atoms with Gasteiger partial charge in [-0.1, -0.05) is 18.2 Å². The van der Waals surface area contributed by atoms with Crippen LogP contribution in [0.25, 0.3) is 0 Å². The lowest BCUT2D eigenvalue weighted by Gasteiger charge is -2.15. The van der Waals surface area contributed by atoms with Crippen LogP contribution in [0.4, 0.5) is 10.1 Å². The zero-order chi connectivity index (χ0) is 18.4. The number of hydrogen-bond donors (Lipinski definition) is 3. The van der Waals surface area contributed by atoms with Gasteiger partial charge in [-0.15, -0.1) is 0 Å². The van der Waals surface area contributed by atoms with Crippen molar-refractivity contribution in [2.24, 2.45) is 5.73 Å². The highest BCUT2D eigenvalue weighted by Crippen LogP contribution is 2.24. The Bertz CT molecular complexity index is 790. The number of carbonyl (C=O) groups excluding carboxylic acids is 2. The van der Waals surface area contributed by atoms with Crippen molar-refractivity contribution in [3.05, 3.63) is 65.5 Å². The van der Waals surface area contributed by atoms with Gasteiger partial charge in [0.25, 0.3) is 0 Å². The SMILES string of the molecule is NC(=O)c1cccc(NC(=O)C[C@@H](CC(=O)O)c2ccc(F)cc2)c1. The quantitative estimate of drug-likeness (QED) is 0.717. The van der Waals surface area contributed by atoms with Gasteiger partial charge >= 0.3 is 5.97 Å². The number of carbonyl (C=O) groups is 3. The standard InChI is InChI=1S/C18H17FN2O4/c19-14-6-4-11(5-7-14)13(10-17(23)24)9-16(22)21-15-3-1-2-12(8-15)18(20)25/h1-8,13H,9-10H2,(H2,20,25)(H,21,22)(H,23,24)/t13-/m0/s1. The summed E-state index contributed by atoms with van der Waals surface area (Å²) in [5.41, 5.74) is 6.38. The predicted octanol–water partition coefficient (Wildman–Crippen LogP) is 2.51. The molecule has 130 valence electrons. The second kappa shape index (κ2) is 8.05. The molecule has 6 nitrogen and oxygen atoms in total. The molecule has 4 N–H and O–H groups in total. The molecule has 0 aliphatic rings. The summed E-state index contributed by atoms with van der Waals surface area (Å²) in [5, 5.41) is 11.7. The minimum atomic E-state index is -1.06. The van der Waals surface area contributed by atoms with E-state index in [-0.39, 0.29) is 18.4 Å². The predicted molar refractivity (Wildman–Crippen MR) is 89.6 cm³/mol. The van der Waals surface area contributed by atoms with E-state index in [0.717, 1.165) is 0 Å². The van der Waals surface area contributed by atoms with E-state index in [4.69, 9.17) is 10.8 Å². The molecule has 0 fully saturated rings. The maximum absolute atomic E-state index is 13.0. The molecule has 0 spiro atoms. The molecule has 1 atom stereocenters.